The van der Waals surface area contributed by atoms with Crippen LogP contribution >= 0.6 is 0 Å². The molecule has 0 bridgehead atoms. The number of benzene rings is 1. The minimum Gasteiger partial charge on any atom is -0.449 e. The SMILES string of the molecule is CCCNC(=O)[C@H](C)OC(=O)c1c2c(nc3ccccc13)CCCCC2. The molecule has 0 radical (unpaired) electrons. The van der Waals surface area contributed by atoms with Gasteiger partial charge in [-0.05, 0) is 50.7 Å². The number of ether oxygens (including phenoxy) is 1. The van der Waals surface area contributed by atoms with Crippen LogP contribution in [0.4, 0.5) is 0 Å². The monoisotopic (exact) mass is 354 g/mol. The Morgan fingerprint density at radius 1 is 1.19 bits per heavy atom. The van der Waals surface area contributed by atoms with E-state index in [-0.39, 0.29) is 5.91 Å². The molecule has 1 aromatic carbocycles. The lowest BCUT2D eigenvalue weighted by molar-refractivity contribution is -0.129. The number of para-hydroxylation sites is 1. The second kappa shape index (κ2) is 8.30. The summed E-state index contributed by atoms with van der Waals surface area (Å²) in [5.41, 5.74) is 3.38. The normalized spacial score (nSPS) is 15.0. The van der Waals surface area contributed by atoms with Gasteiger partial charge in [0.2, 0.25) is 0 Å². The maximum atomic E-state index is 13.0. The molecule has 1 aliphatic carbocycles. The molecule has 0 fully saturated rings. The Labute approximate surface area is 154 Å². The first kappa shape index (κ1) is 18.4. The lowest BCUT2D eigenvalue weighted by Crippen LogP contribution is -2.36. The molecule has 3 rings (SSSR count). The molecule has 1 atom stereocenters. The van der Waals surface area contributed by atoms with Crippen molar-refractivity contribution in [3.8, 4) is 0 Å². The lowest BCUT2D eigenvalue weighted by atomic mass is 9.97. The van der Waals surface area contributed by atoms with Gasteiger partial charge in [0, 0.05) is 17.6 Å². The molecule has 1 heterocycles. The number of carbonyl (C=O) groups excluding carboxylic acids is 2. The Morgan fingerprint density at radius 2 is 1.96 bits per heavy atom. The zero-order valence-corrected chi connectivity index (χ0v) is 15.5. The first-order valence-corrected chi connectivity index (χ1v) is 9.51. The molecule has 5 nitrogen and oxygen atoms in total. The van der Waals surface area contributed by atoms with E-state index >= 15 is 0 Å². The predicted octanol–water partition coefficient (Wildman–Crippen LogP) is 3.58. The average molecular weight is 354 g/mol. The number of fused-ring (bicyclic) bond motifs is 2. The molecule has 138 valence electrons. The summed E-state index contributed by atoms with van der Waals surface area (Å²) in [6, 6.07) is 7.66. The zero-order chi connectivity index (χ0) is 18.5. The van der Waals surface area contributed by atoms with Crippen molar-refractivity contribution in [1.82, 2.24) is 10.3 Å². The Hall–Kier alpha value is -2.43. The van der Waals surface area contributed by atoms with E-state index in [0.29, 0.717) is 12.1 Å². The van der Waals surface area contributed by atoms with E-state index in [0.717, 1.165) is 60.7 Å². The van der Waals surface area contributed by atoms with Gasteiger partial charge in [-0.25, -0.2) is 4.79 Å². The molecule has 1 aromatic heterocycles. The van der Waals surface area contributed by atoms with Crippen LogP contribution in [0, 0.1) is 0 Å². The fourth-order valence-electron chi connectivity index (χ4n) is 3.45. The minimum absolute atomic E-state index is 0.260. The molecular weight excluding hydrogens is 328 g/mol. The number of hydrogen-bond donors (Lipinski definition) is 1. The highest BCUT2D eigenvalue weighted by Crippen LogP contribution is 2.29. The third kappa shape index (κ3) is 3.87. The number of nitrogens with zero attached hydrogens (tertiary/aromatic N) is 1. The smallest absolute Gasteiger partial charge is 0.339 e. The van der Waals surface area contributed by atoms with Gasteiger partial charge >= 0.3 is 5.97 Å². The first-order valence-electron chi connectivity index (χ1n) is 9.51. The van der Waals surface area contributed by atoms with Crippen molar-refractivity contribution in [1.29, 1.82) is 0 Å². The third-order valence-electron chi connectivity index (χ3n) is 4.83. The van der Waals surface area contributed by atoms with Crippen LogP contribution in [0.15, 0.2) is 24.3 Å². The molecule has 0 saturated carbocycles. The number of nitrogens with one attached hydrogen (secondary N) is 1. The van der Waals surface area contributed by atoms with E-state index in [9.17, 15) is 9.59 Å². The highest BCUT2D eigenvalue weighted by atomic mass is 16.5. The first-order chi connectivity index (χ1) is 12.6. The van der Waals surface area contributed by atoms with Crippen molar-refractivity contribution in [3.63, 3.8) is 0 Å². The highest BCUT2D eigenvalue weighted by molar-refractivity contribution is 6.05. The number of aromatic nitrogens is 1. The number of pyridine rings is 1. The number of carbonyl (C=O) groups is 2. The third-order valence-corrected chi connectivity index (χ3v) is 4.83. The zero-order valence-electron chi connectivity index (χ0n) is 15.5. The van der Waals surface area contributed by atoms with Crippen molar-refractivity contribution in [2.75, 3.05) is 6.54 Å². The Kier molecular flexibility index (Phi) is 5.86. The van der Waals surface area contributed by atoms with Crippen LogP contribution in [-0.2, 0) is 22.4 Å². The van der Waals surface area contributed by atoms with Gasteiger partial charge in [0.15, 0.2) is 6.10 Å². The Morgan fingerprint density at radius 3 is 2.77 bits per heavy atom. The molecule has 2 aromatic rings. The fraction of sp³-hybridized carbons (Fsp3) is 0.476. The molecule has 0 aliphatic heterocycles. The van der Waals surface area contributed by atoms with E-state index in [1.807, 2.05) is 31.2 Å². The van der Waals surface area contributed by atoms with Gasteiger partial charge in [-0.2, -0.15) is 0 Å². The van der Waals surface area contributed by atoms with Crippen LogP contribution in [0.3, 0.4) is 0 Å². The van der Waals surface area contributed by atoms with Crippen molar-refractivity contribution < 1.29 is 14.3 Å². The molecule has 26 heavy (non-hydrogen) atoms. The molecule has 1 N–H and O–H groups in total. The Bertz CT molecular complexity index is 816. The topological polar surface area (TPSA) is 68.3 Å². The van der Waals surface area contributed by atoms with Crippen LogP contribution < -0.4 is 5.32 Å². The van der Waals surface area contributed by atoms with Crippen LogP contribution in [-0.4, -0.2) is 29.5 Å². The van der Waals surface area contributed by atoms with Gasteiger partial charge in [-0.1, -0.05) is 31.5 Å². The molecule has 0 spiro atoms. The van der Waals surface area contributed by atoms with Gasteiger partial charge in [0.05, 0.1) is 11.1 Å². The van der Waals surface area contributed by atoms with Crippen molar-refractivity contribution in [2.24, 2.45) is 0 Å². The maximum Gasteiger partial charge on any atom is 0.339 e. The largest absolute Gasteiger partial charge is 0.449 e. The number of aryl methyl sites for hydroxylation is 1. The summed E-state index contributed by atoms with van der Waals surface area (Å²) in [5, 5.41) is 3.57. The molecular formula is C21H26N2O3. The van der Waals surface area contributed by atoms with Gasteiger partial charge in [-0.3, -0.25) is 9.78 Å². The summed E-state index contributed by atoms with van der Waals surface area (Å²) < 4.78 is 5.53. The summed E-state index contributed by atoms with van der Waals surface area (Å²) >= 11 is 0. The second-order valence-electron chi connectivity index (χ2n) is 6.83. The molecule has 1 amide bonds. The molecule has 1 aliphatic rings. The van der Waals surface area contributed by atoms with E-state index < -0.39 is 12.1 Å². The van der Waals surface area contributed by atoms with Crippen molar-refractivity contribution in [3.05, 3.63) is 41.1 Å². The van der Waals surface area contributed by atoms with Gasteiger partial charge < -0.3 is 10.1 Å². The van der Waals surface area contributed by atoms with Crippen molar-refractivity contribution >= 4 is 22.8 Å². The van der Waals surface area contributed by atoms with Crippen molar-refractivity contribution in [2.45, 2.75) is 58.5 Å². The fourth-order valence-corrected chi connectivity index (χ4v) is 3.45. The van der Waals surface area contributed by atoms with Gasteiger partial charge in [0.1, 0.15) is 0 Å². The summed E-state index contributed by atoms with van der Waals surface area (Å²) in [5.74, 6) is -0.689. The Balaban J connectivity index is 1.96. The van der Waals surface area contributed by atoms with Crippen LogP contribution in [0.1, 0.15) is 61.1 Å². The molecule has 5 heteroatoms. The summed E-state index contributed by atoms with van der Waals surface area (Å²) in [6.07, 6.45) is 5.00. The van der Waals surface area contributed by atoms with E-state index in [1.54, 1.807) is 6.92 Å². The van der Waals surface area contributed by atoms with Gasteiger partial charge in [0.25, 0.3) is 5.91 Å². The van der Waals surface area contributed by atoms with Crippen LogP contribution in [0.2, 0.25) is 0 Å². The second-order valence-corrected chi connectivity index (χ2v) is 6.83. The number of hydrogen-bond acceptors (Lipinski definition) is 4. The predicted molar refractivity (Wildman–Crippen MR) is 101 cm³/mol. The highest BCUT2D eigenvalue weighted by Gasteiger charge is 2.25. The lowest BCUT2D eigenvalue weighted by Gasteiger charge is -2.17. The summed E-state index contributed by atoms with van der Waals surface area (Å²) in [6.45, 7) is 4.18. The van der Waals surface area contributed by atoms with Gasteiger partial charge in [-0.15, -0.1) is 0 Å². The number of amides is 1. The van der Waals surface area contributed by atoms with E-state index in [1.165, 1.54) is 0 Å². The van der Waals surface area contributed by atoms with Crippen LogP contribution in [0.25, 0.3) is 10.9 Å². The summed E-state index contributed by atoms with van der Waals surface area (Å²) in [4.78, 5) is 29.9. The summed E-state index contributed by atoms with van der Waals surface area (Å²) in [7, 11) is 0. The average Bonchev–Trinajstić information content (AvgIpc) is 2.88. The minimum atomic E-state index is -0.817. The number of rotatable bonds is 5. The van der Waals surface area contributed by atoms with E-state index in [2.05, 4.69) is 5.32 Å². The van der Waals surface area contributed by atoms with E-state index in [4.69, 9.17) is 9.72 Å². The standard InChI is InChI=1S/C21H26N2O3/c1-3-13-22-20(24)14(2)26-21(25)19-15-9-5-4-6-11-17(15)23-18-12-8-7-10-16(18)19/h7-8,10,12,14H,3-6,9,11,13H2,1-2H3,(H,22,24)/t14-/m0/s1. The quantitative estimate of drug-likeness (QED) is 0.658. The number of esters is 1. The molecule has 0 unspecified atom stereocenters. The van der Waals surface area contributed by atoms with Crippen LogP contribution in [0.5, 0.6) is 0 Å². The maximum absolute atomic E-state index is 13.0. The molecule has 0 saturated heterocycles.